The molecule has 0 rings (SSSR count). The smallest absolute Gasteiger partial charge is 0.326 e. The molecule has 4 nitrogen and oxygen atoms in total. The molecule has 0 saturated carbocycles. The van der Waals surface area contributed by atoms with Gasteiger partial charge in [-0.15, -0.1) is 0 Å². The third kappa shape index (κ3) is 5.83. The van der Waals surface area contributed by atoms with Crippen LogP contribution in [-0.2, 0) is 9.53 Å². The van der Waals surface area contributed by atoms with E-state index in [9.17, 15) is 4.79 Å². The molecule has 0 radical (unpaired) electrons. The molecule has 0 bridgehead atoms. The lowest BCUT2D eigenvalue weighted by molar-refractivity contribution is -0.150. The molecule has 18 heavy (non-hydrogen) atoms. The summed E-state index contributed by atoms with van der Waals surface area (Å²) in [6, 6.07) is 0. The van der Waals surface area contributed by atoms with E-state index in [4.69, 9.17) is 4.74 Å². The van der Waals surface area contributed by atoms with E-state index in [1.165, 1.54) is 0 Å². The Hall–Kier alpha value is -0.610. The van der Waals surface area contributed by atoms with Crippen LogP contribution >= 0.6 is 0 Å². The van der Waals surface area contributed by atoms with Crippen LogP contribution in [0.3, 0.4) is 0 Å². The van der Waals surface area contributed by atoms with Crippen LogP contribution in [-0.4, -0.2) is 49.2 Å². The van der Waals surface area contributed by atoms with Crippen molar-refractivity contribution in [3.63, 3.8) is 0 Å². The third-order valence-electron chi connectivity index (χ3n) is 3.31. The summed E-state index contributed by atoms with van der Waals surface area (Å²) >= 11 is 0. The molecule has 0 aliphatic rings. The Balaban J connectivity index is 4.29. The number of ether oxygens (including phenoxy) is 1. The van der Waals surface area contributed by atoms with Gasteiger partial charge < -0.3 is 15.0 Å². The standard InChI is InChI=1S/C14H30N2O2/c1-6-10-14(5,13(17)18-9-4)15-11-12-16(7-2)8-3/h15H,6-12H2,1-5H3. The predicted octanol–water partition coefficient (Wildman–Crippen LogP) is 2.04. The first-order valence-electron chi connectivity index (χ1n) is 7.18. The van der Waals surface area contributed by atoms with Crippen LogP contribution in [0.1, 0.15) is 47.5 Å². The van der Waals surface area contributed by atoms with Gasteiger partial charge in [0.05, 0.1) is 6.61 Å². The Morgan fingerprint density at radius 1 is 1.22 bits per heavy atom. The molecule has 1 atom stereocenters. The Bertz CT molecular complexity index is 230. The van der Waals surface area contributed by atoms with E-state index < -0.39 is 5.54 Å². The molecule has 1 unspecified atom stereocenters. The minimum atomic E-state index is -0.544. The Kier molecular flexibility index (Phi) is 9.02. The van der Waals surface area contributed by atoms with Crippen molar-refractivity contribution in [1.29, 1.82) is 0 Å². The van der Waals surface area contributed by atoms with E-state index in [1.807, 2.05) is 13.8 Å². The summed E-state index contributed by atoms with van der Waals surface area (Å²) in [4.78, 5) is 14.3. The normalized spacial score (nSPS) is 14.6. The molecule has 0 fully saturated rings. The summed E-state index contributed by atoms with van der Waals surface area (Å²) in [6.45, 7) is 14.5. The molecule has 4 heteroatoms. The molecule has 0 spiro atoms. The van der Waals surface area contributed by atoms with Gasteiger partial charge in [0.25, 0.3) is 0 Å². The van der Waals surface area contributed by atoms with Crippen molar-refractivity contribution in [3.05, 3.63) is 0 Å². The minimum absolute atomic E-state index is 0.133. The van der Waals surface area contributed by atoms with Crippen LogP contribution in [0.2, 0.25) is 0 Å². The number of carbonyl (C=O) groups excluding carboxylic acids is 1. The van der Waals surface area contributed by atoms with Gasteiger partial charge in [-0.2, -0.15) is 0 Å². The molecule has 0 aromatic carbocycles. The molecule has 108 valence electrons. The second-order valence-electron chi connectivity index (χ2n) is 4.76. The fourth-order valence-corrected chi connectivity index (χ4v) is 2.08. The fraction of sp³-hybridized carbons (Fsp3) is 0.929. The van der Waals surface area contributed by atoms with Crippen LogP contribution in [0.15, 0.2) is 0 Å². The van der Waals surface area contributed by atoms with Gasteiger partial charge in [-0.05, 0) is 33.4 Å². The zero-order chi connectivity index (χ0) is 14.0. The number of rotatable bonds is 10. The van der Waals surface area contributed by atoms with Crippen molar-refractivity contribution >= 4 is 5.97 Å². The van der Waals surface area contributed by atoms with Gasteiger partial charge in [-0.25, -0.2) is 0 Å². The van der Waals surface area contributed by atoms with Gasteiger partial charge in [0.2, 0.25) is 0 Å². The summed E-state index contributed by atoms with van der Waals surface area (Å²) in [6.07, 6.45) is 1.78. The van der Waals surface area contributed by atoms with Gasteiger partial charge in [0.1, 0.15) is 5.54 Å². The zero-order valence-electron chi connectivity index (χ0n) is 12.7. The minimum Gasteiger partial charge on any atom is -0.465 e. The van der Waals surface area contributed by atoms with Crippen LogP contribution in [0, 0.1) is 0 Å². The molecule has 0 amide bonds. The highest BCUT2D eigenvalue weighted by Gasteiger charge is 2.32. The first-order chi connectivity index (χ1) is 8.53. The molecule has 1 N–H and O–H groups in total. The lowest BCUT2D eigenvalue weighted by Gasteiger charge is -2.29. The second-order valence-corrected chi connectivity index (χ2v) is 4.76. The van der Waals surface area contributed by atoms with E-state index in [1.54, 1.807) is 0 Å². The van der Waals surface area contributed by atoms with E-state index >= 15 is 0 Å². The molecule has 0 aliphatic heterocycles. The summed E-state index contributed by atoms with van der Waals surface area (Å²) < 4.78 is 5.15. The maximum atomic E-state index is 12.0. The van der Waals surface area contributed by atoms with Crippen LogP contribution in [0.4, 0.5) is 0 Å². The number of hydrogen-bond donors (Lipinski definition) is 1. The quantitative estimate of drug-likeness (QED) is 0.609. The highest BCUT2D eigenvalue weighted by Crippen LogP contribution is 2.14. The fourth-order valence-electron chi connectivity index (χ4n) is 2.08. The van der Waals surface area contributed by atoms with Crippen LogP contribution in [0.25, 0.3) is 0 Å². The first kappa shape index (κ1) is 17.4. The van der Waals surface area contributed by atoms with Gasteiger partial charge >= 0.3 is 5.97 Å². The molecular formula is C14H30N2O2. The van der Waals surface area contributed by atoms with E-state index in [-0.39, 0.29) is 5.97 Å². The molecule has 0 aromatic heterocycles. The van der Waals surface area contributed by atoms with Crippen molar-refractivity contribution in [2.45, 2.75) is 53.0 Å². The molecule has 0 saturated heterocycles. The highest BCUT2D eigenvalue weighted by atomic mass is 16.5. The monoisotopic (exact) mass is 258 g/mol. The van der Waals surface area contributed by atoms with Crippen molar-refractivity contribution in [2.75, 3.05) is 32.8 Å². The lowest BCUT2D eigenvalue weighted by Crippen LogP contribution is -2.52. The Labute approximate surface area is 112 Å². The van der Waals surface area contributed by atoms with Crippen molar-refractivity contribution in [1.82, 2.24) is 10.2 Å². The van der Waals surface area contributed by atoms with Gasteiger partial charge in [-0.3, -0.25) is 4.79 Å². The summed E-state index contributed by atoms with van der Waals surface area (Å²) in [5, 5.41) is 3.36. The van der Waals surface area contributed by atoms with E-state index in [0.717, 1.165) is 39.0 Å². The zero-order valence-corrected chi connectivity index (χ0v) is 12.7. The summed E-state index contributed by atoms with van der Waals surface area (Å²) in [5.41, 5.74) is -0.544. The summed E-state index contributed by atoms with van der Waals surface area (Å²) in [5.74, 6) is -0.133. The summed E-state index contributed by atoms with van der Waals surface area (Å²) in [7, 11) is 0. The predicted molar refractivity (Wildman–Crippen MR) is 75.7 cm³/mol. The highest BCUT2D eigenvalue weighted by molar-refractivity contribution is 5.80. The lowest BCUT2D eigenvalue weighted by atomic mass is 9.96. The molecule has 0 aromatic rings. The Morgan fingerprint density at radius 3 is 2.28 bits per heavy atom. The number of carbonyl (C=O) groups is 1. The first-order valence-corrected chi connectivity index (χ1v) is 7.18. The molecular weight excluding hydrogens is 228 g/mol. The van der Waals surface area contributed by atoms with Crippen molar-refractivity contribution < 1.29 is 9.53 Å². The maximum absolute atomic E-state index is 12.0. The van der Waals surface area contributed by atoms with Gasteiger partial charge in [0, 0.05) is 13.1 Å². The SMILES string of the molecule is CCCC(C)(NCCN(CC)CC)C(=O)OCC. The van der Waals surface area contributed by atoms with Gasteiger partial charge in [0.15, 0.2) is 0 Å². The van der Waals surface area contributed by atoms with Gasteiger partial charge in [-0.1, -0.05) is 27.2 Å². The van der Waals surface area contributed by atoms with E-state index in [0.29, 0.717) is 6.61 Å². The number of nitrogens with zero attached hydrogens (tertiary/aromatic N) is 1. The number of esters is 1. The molecule has 0 aliphatic carbocycles. The average Bonchev–Trinajstić information content (AvgIpc) is 2.35. The number of hydrogen-bond acceptors (Lipinski definition) is 4. The van der Waals surface area contributed by atoms with Crippen LogP contribution < -0.4 is 5.32 Å². The topological polar surface area (TPSA) is 41.6 Å². The van der Waals surface area contributed by atoms with Crippen LogP contribution in [0.5, 0.6) is 0 Å². The molecule has 0 heterocycles. The second kappa shape index (κ2) is 9.34. The third-order valence-corrected chi connectivity index (χ3v) is 3.31. The average molecular weight is 258 g/mol. The van der Waals surface area contributed by atoms with Crippen molar-refractivity contribution in [3.8, 4) is 0 Å². The largest absolute Gasteiger partial charge is 0.465 e. The van der Waals surface area contributed by atoms with E-state index in [2.05, 4.69) is 31.0 Å². The van der Waals surface area contributed by atoms with Crippen molar-refractivity contribution in [2.24, 2.45) is 0 Å². The Morgan fingerprint density at radius 2 is 1.83 bits per heavy atom. The number of nitrogens with one attached hydrogen (secondary N) is 1. The maximum Gasteiger partial charge on any atom is 0.326 e. The number of likely N-dealkylation sites (N-methyl/N-ethyl adjacent to an activating group) is 1.